The third-order valence-electron chi connectivity index (χ3n) is 11.4. The summed E-state index contributed by atoms with van der Waals surface area (Å²) in [6.07, 6.45) is 0. The molecule has 0 bridgehead atoms. The molecule has 0 aliphatic heterocycles. The van der Waals surface area contributed by atoms with Crippen molar-refractivity contribution in [2.24, 2.45) is 0 Å². The fourth-order valence-corrected chi connectivity index (χ4v) is 9.05. The molecule has 12 rings (SSSR count). The fraction of sp³-hybridized carbons (Fsp3) is 0. The maximum atomic E-state index is 11.0. The van der Waals surface area contributed by atoms with Crippen LogP contribution in [0.2, 0.25) is 0 Å². The Hall–Kier alpha value is -8.06. The van der Waals surface area contributed by atoms with E-state index in [9.17, 15) is 10.5 Å². The highest BCUT2D eigenvalue weighted by Crippen LogP contribution is 2.46. The Kier molecular flexibility index (Phi) is 6.10. The van der Waals surface area contributed by atoms with Gasteiger partial charge in [0, 0.05) is 37.9 Å². The first-order valence-electron chi connectivity index (χ1n) is 18.5. The van der Waals surface area contributed by atoms with Crippen LogP contribution in [0.3, 0.4) is 0 Å². The van der Waals surface area contributed by atoms with Crippen molar-refractivity contribution >= 4 is 87.5 Å². The molecule has 6 nitrogen and oxygen atoms in total. The van der Waals surface area contributed by atoms with Crippen molar-refractivity contribution < 1.29 is 8.83 Å². The Morgan fingerprint density at radius 3 is 1.48 bits per heavy atom. The Bertz CT molecular complexity index is 3750. The monoisotopic (exact) mass is 714 g/mol. The van der Waals surface area contributed by atoms with Crippen molar-refractivity contribution in [3.63, 3.8) is 0 Å². The van der Waals surface area contributed by atoms with Gasteiger partial charge in [-0.15, -0.1) is 0 Å². The number of para-hydroxylation sites is 4. The number of fused-ring (bicyclic) bond motifs is 14. The van der Waals surface area contributed by atoms with Crippen LogP contribution in [-0.4, -0.2) is 9.13 Å². The average Bonchev–Trinajstić information content (AvgIpc) is 4.00. The second-order valence-corrected chi connectivity index (χ2v) is 14.3. The van der Waals surface area contributed by atoms with Crippen LogP contribution < -0.4 is 0 Å². The van der Waals surface area contributed by atoms with Crippen LogP contribution in [0.5, 0.6) is 0 Å². The van der Waals surface area contributed by atoms with Gasteiger partial charge in [0.15, 0.2) is 0 Å². The quantitative estimate of drug-likeness (QED) is 0.182. The Morgan fingerprint density at radius 2 is 0.929 bits per heavy atom. The zero-order chi connectivity index (χ0) is 37.1. The summed E-state index contributed by atoms with van der Waals surface area (Å²) in [5.74, 6) is 0. The molecule has 0 spiro atoms. The number of hydrogen-bond donors (Lipinski definition) is 0. The first kappa shape index (κ1) is 30.4. The molecule has 4 heterocycles. The summed E-state index contributed by atoms with van der Waals surface area (Å²) in [6, 6.07) is 58.2. The van der Waals surface area contributed by atoms with Gasteiger partial charge in [-0.25, -0.2) is 0 Å². The third kappa shape index (κ3) is 4.02. The zero-order valence-electron chi connectivity index (χ0n) is 29.6. The van der Waals surface area contributed by atoms with E-state index in [1.165, 1.54) is 0 Å². The molecule has 6 heteroatoms. The van der Waals surface area contributed by atoms with Crippen LogP contribution in [-0.2, 0) is 0 Å². The largest absolute Gasteiger partial charge is 0.456 e. The number of rotatable bonds is 3. The normalized spacial score (nSPS) is 11.9. The molecule has 0 saturated heterocycles. The number of nitriles is 2. The standard InChI is InChI=1S/C50H26N4O2/c51-27-29-10-9-11-30(24-29)38-26-42(54-40-17-6-2-13-33(40)35-21-23-46-48(50(35)54)37-15-4-8-19-44(37)56-46)41(25-31(38)28-52)53-39-16-5-1-12-32(39)34-20-22-45-47(49(34)53)36-14-3-7-18-43(36)55-45/h1-26H. The topological polar surface area (TPSA) is 83.7 Å². The molecule has 56 heavy (non-hydrogen) atoms. The van der Waals surface area contributed by atoms with Crippen molar-refractivity contribution in [3.8, 4) is 34.6 Å². The number of hydrogen-bond acceptors (Lipinski definition) is 4. The molecule has 0 atom stereocenters. The first-order valence-corrected chi connectivity index (χ1v) is 18.5. The van der Waals surface area contributed by atoms with E-state index in [2.05, 4.69) is 118 Å². The summed E-state index contributed by atoms with van der Waals surface area (Å²) >= 11 is 0. The van der Waals surface area contributed by atoms with E-state index < -0.39 is 0 Å². The van der Waals surface area contributed by atoms with Crippen LogP contribution in [0.1, 0.15) is 11.1 Å². The highest BCUT2D eigenvalue weighted by molar-refractivity contribution is 6.26. The molecule has 8 aromatic carbocycles. The molecule has 258 valence electrons. The second-order valence-electron chi connectivity index (χ2n) is 14.3. The maximum absolute atomic E-state index is 11.0. The van der Waals surface area contributed by atoms with Gasteiger partial charge < -0.3 is 18.0 Å². The van der Waals surface area contributed by atoms with Gasteiger partial charge in [0.1, 0.15) is 22.3 Å². The lowest BCUT2D eigenvalue weighted by Crippen LogP contribution is -2.06. The van der Waals surface area contributed by atoms with Crippen LogP contribution in [0.4, 0.5) is 0 Å². The lowest BCUT2D eigenvalue weighted by atomic mass is 9.96. The minimum absolute atomic E-state index is 0.494. The molecule has 0 fully saturated rings. The van der Waals surface area contributed by atoms with E-state index in [4.69, 9.17) is 8.83 Å². The molecule has 12 aromatic rings. The molecule has 0 aliphatic rings. The summed E-state index contributed by atoms with van der Waals surface area (Å²) in [7, 11) is 0. The summed E-state index contributed by atoms with van der Waals surface area (Å²) in [6.45, 7) is 0. The maximum Gasteiger partial charge on any atom is 0.137 e. The molecule has 0 aliphatic carbocycles. The fourth-order valence-electron chi connectivity index (χ4n) is 9.05. The van der Waals surface area contributed by atoms with E-state index in [1.807, 2.05) is 54.6 Å². The van der Waals surface area contributed by atoms with E-state index in [0.29, 0.717) is 11.1 Å². The summed E-state index contributed by atoms with van der Waals surface area (Å²) in [4.78, 5) is 0. The van der Waals surface area contributed by atoms with Crippen molar-refractivity contribution in [2.45, 2.75) is 0 Å². The SMILES string of the molecule is N#Cc1cccc(-c2cc(-n3c4ccccc4c4ccc5oc6ccccc6c5c43)c(-n3c4ccccc4c4ccc5oc6ccccc6c5c43)cc2C#N)c1. The zero-order valence-corrected chi connectivity index (χ0v) is 29.6. The lowest BCUT2D eigenvalue weighted by Gasteiger charge is -2.20. The third-order valence-corrected chi connectivity index (χ3v) is 11.4. The summed E-state index contributed by atoms with van der Waals surface area (Å²) < 4.78 is 17.6. The highest BCUT2D eigenvalue weighted by atomic mass is 16.3. The Morgan fingerprint density at radius 1 is 0.411 bits per heavy atom. The minimum atomic E-state index is 0.494. The van der Waals surface area contributed by atoms with Gasteiger partial charge in [0.05, 0.1) is 67.5 Å². The summed E-state index contributed by atoms with van der Waals surface area (Å²) in [5.41, 5.74) is 11.5. The van der Waals surface area contributed by atoms with Crippen molar-refractivity contribution in [1.82, 2.24) is 9.13 Å². The predicted octanol–water partition coefficient (Wildman–Crippen LogP) is 13.1. The number of nitrogens with zero attached hydrogens (tertiary/aromatic N) is 4. The van der Waals surface area contributed by atoms with Crippen LogP contribution in [0.25, 0.3) is 110 Å². The summed E-state index contributed by atoms with van der Waals surface area (Å²) in [5, 5.41) is 29.3. The van der Waals surface area contributed by atoms with E-state index >= 15 is 0 Å². The molecular weight excluding hydrogens is 689 g/mol. The van der Waals surface area contributed by atoms with Gasteiger partial charge >= 0.3 is 0 Å². The lowest BCUT2D eigenvalue weighted by molar-refractivity contribution is 0.669. The van der Waals surface area contributed by atoms with Crippen LogP contribution in [0.15, 0.2) is 167 Å². The second kappa shape index (κ2) is 11.2. The smallest absolute Gasteiger partial charge is 0.137 e. The van der Waals surface area contributed by atoms with Crippen LogP contribution >= 0.6 is 0 Å². The highest BCUT2D eigenvalue weighted by Gasteiger charge is 2.26. The van der Waals surface area contributed by atoms with Gasteiger partial charge in [-0.05, 0) is 78.4 Å². The molecule has 0 radical (unpaired) electrons. The number of aromatic nitrogens is 2. The molecular formula is C50H26N4O2. The molecule has 0 N–H and O–H groups in total. The molecule has 0 unspecified atom stereocenters. The molecule has 0 saturated carbocycles. The minimum Gasteiger partial charge on any atom is -0.456 e. The molecule has 0 amide bonds. The van der Waals surface area contributed by atoms with E-state index in [1.54, 1.807) is 6.07 Å². The van der Waals surface area contributed by atoms with E-state index in [0.717, 1.165) is 110 Å². The van der Waals surface area contributed by atoms with Gasteiger partial charge in [0.25, 0.3) is 0 Å². The number of furan rings is 2. The predicted molar refractivity (Wildman–Crippen MR) is 225 cm³/mol. The Balaban J connectivity index is 1.34. The average molecular weight is 715 g/mol. The molecule has 4 aromatic heterocycles. The van der Waals surface area contributed by atoms with Crippen LogP contribution in [0, 0.1) is 22.7 Å². The van der Waals surface area contributed by atoms with Crippen molar-refractivity contribution in [1.29, 1.82) is 10.5 Å². The first-order chi connectivity index (χ1) is 27.7. The van der Waals surface area contributed by atoms with Gasteiger partial charge in [-0.1, -0.05) is 84.9 Å². The van der Waals surface area contributed by atoms with Gasteiger partial charge in [-0.3, -0.25) is 0 Å². The van der Waals surface area contributed by atoms with Gasteiger partial charge in [0.2, 0.25) is 0 Å². The van der Waals surface area contributed by atoms with Gasteiger partial charge in [-0.2, -0.15) is 10.5 Å². The van der Waals surface area contributed by atoms with Crippen molar-refractivity contribution in [3.05, 3.63) is 169 Å². The van der Waals surface area contributed by atoms with E-state index in [-0.39, 0.29) is 0 Å². The number of benzene rings is 8. The Labute approximate surface area is 318 Å². The van der Waals surface area contributed by atoms with Crippen molar-refractivity contribution in [2.75, 3.05) is 0 Å².